The Morgan fingerprint density at radius 3 is 2.76 bits per heavy atom. The van der Waals surface area contributed by atoms with Gasteiger partial charge in [0, 0.05) is 30.5 Å². The quantitative estimate of drug-likeness (QED) is 0.847. The molecule has 0 amide bonds. The van der Waals surface area contributed by atoms with Crippen molar-refractivity contribution in [1.82, 2.24) is 10.3 Å². The van der Waals surface area contributed by atoms with Crippen molar-refractivity contribution < 1.29 is 9.47 Å². The van der Waals surface area contributed by atoms with Crippen molar-refractivity contribution in [1.29, 1.82) is 0 Å². The van der Waals surface area contributed by atoms with Crippen molar-refractivity contribution in [2.75, 3.05) is 13.7 Å². The van der Waals surface area contributed by atoms with Crippen LogP contribution >= 0.6 is 0 Å². The average molecular weight is 286 g/mol. The summed E-state index contributed by atoms with van der Waals surface area (Å²) in [5.74, 6) is 1.58. The SMILES string of the molecule is CCOc1cccc(CN[C@H](C)c2cccnc2)c1OC. The van der Waals surface area contributed by atoms with Gasteiger partial charge in [-0.2, -0.15) is 0 Å². The van der Waals surface area contributed by atoms with Crippen molar-refractivity contribution in [3.63, 3.8) is 0 Å². The van der Waals surface area contributed by atoms with E-state index < -0.39 is 0 Å². The maximum Gasteiger partial charge on any atom is 0.165 e. The normalized spacial score (nSPS) is 12.0. The van der Waals surface area contributed by atoms with E-state index in [1.54, 1.807) is 13.3 Å². The predicted octanol–water partition coefficient (Wildman–Crippen LogP) is 3.34. The lowest BCUT2D eigenvalue weighted by Gasteiger charge is -2.17. The molecule has 0 fully saturated rings. The zero-order valence-electron chi connectivity index (χ0n) is 12.8. The molecule has 0 radical (unpaired) electrons. The summed E-state index contributed by atoms with van der Waals surface area (Å²) in [4.78, 5) is 4.15. The second kappa shape index (κ2) is 7.64. The number of pyridine rings is 1. The third kappa shape index (κ3) is 3.95. The Morgan fingerprint density at radius 2 is 2.10 bits per heavy atom. The largest absolute Gasteiger partial charge is 0.493 e. The summed E-state index contributed by atoms with van der Waals surface area (Å²) in [7, 11) is 1.67. The van der Waals surface area contributed by atoms with Gasteiger partial charge in [-0.15, -0.1) is 0 Å². The molecule has 112 valence electrons. The van der Waals surface area contributed by atoms with Crippen LogP contribution in [0.5, 0.6) is 11.5 Å². The molecule has 1 aromatic carbocycles. The molecule has 0 aliphatic rings. The first-order valence-corrected chi connectivity index (χ1v) is 7.18. The Labute approximate surface area is 126 Å². The van der Waals surface area contributed by atoms with Crippen molar-refractivity contribution >= 4 is 0 Å². The van der Waals surface area contributed by atoms with E-state index in [9.17, 15) is 0 Å². The Morgan fingerprint density at radius 1 is 1.24 bits per heavy atom. The predicted molar refractivity (Wildman–Crippen MR) is 83.7 cm³/mol. The number of rotatable bonds is 7. The molecule has 0 saturated carbocycles. The fraction of sp³-hybridized carbons (Fsp3) is 0.353. The van der Waals surface area contributed by atoms with Crippen LogP contribution in [0.4, 0.5) is 0 Å². The van der Waals surface area contributed by atoms with Gasteiger partial charge >= 0.3 is 0 Å². The lowest BCUT2D eigenvalue weighted by molar-refractivity contribution is 0.308. The molecular formula is C17H22N2O2. The van der Waals surface area contributed by atoms with Crippen LogP contribution < -0.4 is 14.8 Å². The fourth-order valence-corrected chi connectivity index (χ4v) is 2.21. The average Bonchev–Trinajstić information content (AvgIpc) is 2.54. The van der Waals surface area contributed by atoms with E-state index in [1.807, 2.05) is 37.4 Å². The maximum atomic E-state index is 5.60. The van der Waals surface area contributed by atoms with Crippen LogP contribution in [0.3, 0.4) is 0 Å². The van der Waals surface area contributed by atoms with E-state index in [1.165, 1.54) is 0 Å². The van der Waals surface area contributed by atoms with Crippen LogP contribution in [0, 0.1) is 0 Å². The van der Waals surface area contributed by atoms with E-state index in [0.29, 0.717) is 13.2 Å². The van der Waals surface area contributed by atoms with Gasteiger partial charge in [-0.1, -0.05) is 18.2 Å². The van der Waals surface area contributed by atoms with Crippen LogP contribution in [0.15, 0.2) is 42.7 Å². The summed E-state index contributed by atoms with van der Waals surface area (Å²) in [5.41, 5.74) is 2.25. The van der Waals surface area contributed by atoms with Crippen molar-refractivity contribution in [2.24, 2.45) is 0 Å². The number of hydrogen-bond donors (Lipinski definition) is 1. The number of ether oxygens (including phenoxy) is 2. The van der Waals surface area contributed by atoms with Gasteiger partial charge in [0.2, 0.25) is 0 Å². The monoisotopic (exact) mass is 286 g/mol. The third-order valence-corrected chi connectivity index (χ3v) is 3.35. The van der Waals surface area contributed by atoms with Gasteiger partial charge in [0.05, 0.1) is 13.7 Å². The zero-order valence-corrected chi connectivity index (χ0v) is 12.8. The van der Waals surface area contributed by atoms with Crippen molar-refractivity contribution in [2.45, 2.75) is 26.4 Å². The lowest BCUT2D eigenvalue weighted by atomic mass is 10.1. The molecule has 0 spiro atoms. The lowest BCUT2D eigenvalue weighted by Crippen LogP contribution is -2.18. The Bertz CT molecular complexity index is 558. The second-order valence-corrected chi connectivity index (χ2v) is 4.77. The molecule has 21 heavy (non-hydrogen) atoms. The Hall–Kier alpha value is -2.07. The molecule has 1 heterocycles. The number of methoxy groups -OCH3 is 1. The number of para-hydroxylation sites is 1. The summed E-state index contributed by atoms with van der Waals surface area (Å²) < 4.78 is 11.1. The highest BCUT2D eigenvalue weighted by Crippen LogP contribution is 2.31. The van der Waals surface area contributed by atoms with Crippen LogP contribution in [-0.4, -0.2) is 18.7 Å². The van der Waals surface area contributed by atoms with E-state index in [-0.39, 0.29) is 6.04 Å². The summed E-state index contributed by atoms with van der Waals surface area (Å²) in [6, 6.07) is 10.2. The molecule has 0 saturated heterocycles. The van der Waals surface area contributed by atoms with Gasteiger partial charge in [0.25, 0.3) is 0 Å². The summed E-state index contributed by atoms with van der Waals surface area (Å²) in [5, 5.41) is 3.48. The topological polar surface area (TPSA) is 43.4 Å². The number of nitrogens with zero attached hydrogens (tertiary/aromatic N) is 1. The third-order valence-electron chi connectivity index (χ3n) is 3.35. The molecule has 1 aromatic heterocycles. The molecule has 1 atom stereocenters. The summed E-state index contributed by atoms with van der Waals surface area (Å²) >= 11 is 0. The first-order valence-electron chi connectivity index (χ1n) is 7.18. The van der Waals surface area contributed by atoms with E-state index >= 15 is 0 Å². The van der Waals surface area contributed by atoms with Gasteiger partial charge in [-0.3, -0.25) is 4.98 Å². The highest BCUT2D eigenvalue weighted by Gasteiger charge is 2.11. The van der Waals surface area contributed by atoms with E-state index in [2.05, 4.69) is 23.3 Å². The molecule has 1 N–H and O–H groups in total. The standard InChI is InChI=1S/C17H22N2O2/c1-4-21-16-9-5-7-15(17(16)20-3)12-19-13(2)14-8-6-10-18-11-14/h5-11,13,19H,4,12H2,1-3H3/t13-/m1/s1. The minimum Gasteiger partial charge on any atom is -0.493 e. The molecule has 0 bridgehead atoms. The van der Waals surface area contributed by atoms with Gasteiger partial charge in [0.15, 0.2) is 11.5 Å². The Kier molecular flexibility index (Phi) is 5.58. The Balaban J connectivity index is 2.07. The van der Waals surface area contributed by atoms with Crippen LogP contribution in [0.2, 0.25) is 0 Å². The number of benzene rings is 1. The summed E-state index contributed by atoms with van der Waals surface area (Å²) in [6.07, 6.45) is 3.66. The van der Waals surface area contributed by atoms with Gasteiger partial charge in [-0.05, 0) is 31.5 Å². The molecule has 2 rings (SSSR count). The second-order valence-electron chi connectivity index (χ2n) is 4.77. The number of nitrogens with one attached hydrogen (secondary N) is 1. The van der Waals surface area contributed by atoms with E-state index in [0.717, 1.165) is 22.6 Å². The molecular weight excluding hydrogens is 264 g/mol. The number of aromatic nitrogens is 1. The number of hydrogen-bond acceptors (Lipinski definition) is 4. The zero-order chi connectivity index (χ0) is 15.1. The minimum absolute atomic E-state index is 0.221. The maximum absolute atomic E-state index is 5.60. The van der Waals surface area contributed by atoms with Crippen LogP contribution in [0.1, 0.15) is 31.0 Å². The van der Waals surface area contributed by atoms with E-state index in [4.69, 9.17) is 9.47 Å². The molecule has 0 unspecified atom stereocenters. The van der Waals surface area contributed by atoms with Crippen LogP contribution in [0.25, 0.3) is 0 Å². The molecule has 2 aromatic rings. The highest BCUT2D eigenvalue weighted by atomic mass is 16.5. The molecule has 4 heteroatoms. The van der Waals surface area contributed by atoms with Crippen molar-refractivity contribution in [3.05, 3.63) is 53.9 Å². The van der Waals surface area contributed by atoms with Gasteiger partial charge < -0.3 is 14.8 Å². The van der Waals surface area contributed by atoms with Gasteiger partial charge in [0.1, 0.15) is 0 Å². The highest BCUT2D eigenvalue weighted by molar-refractivity contribution is 5.46. The minimum atomic E-state index is 0.221. The van der Waals surface area contributed by atoms with Crippen molar-refractivity contribution in [3.8, 4) is 11.5 Å². The molecule has 4 nitrogen and oxygen atoms in total. The molecule has 0 aliphatic carbocycles. The van der Waals surface area contributed by atoms with Crippen LogP contribution in [-0.2, 0) is 6.54 Å². The first kappa shape index (κ1) is 15.3. The fourth-order valence-electron chi connectivity index (χ4n) is 2.21. The summed E-state index contributed by atoms with van der Waals surface area (Å²) in [6.45, 7) is 5.42. The smallest absolute Gasteiger partial charge is 0.165 e. The first-order chi connectivity index (χ1) is 10.3. The molecule has 0 aliphatic heterocycles. The van der Waals surface area contributed by atoms with Gasteiger partial charge in [-0.25, -0.2) is 0 Å².